The Balaban J connectivity index is 1.81. The third kappa shape index (κ3) is 4.11. The number of carbonyl (C=O) groups excluding carboxylic acids is 1. The molecule has 0 unspecified atom stereocenters. The second-order valence-electron chi connectivity index (χ2n) is 6.28. The summed E-state index contributed by atoms with van der Waals surface area (Å²) in [6.45, 7) is 2.19. The first-order valence-electron chi connectivity index (χ1n) is 8.56. The van der Waals surface area contributed by atoms with Crippen LogP contribution in [-0.2, 0) is 16.6 Å². The van der Waals surface area contributed by atoms with Crippen LogP contribution in [0.4, 0.5) is 4.39 Å². The van der Waals surface area contributed by atoms with E-state index in [9.17, 15) is 17.6 Å². The molecule has 0 aromatic heterocycles. The van der Waals surface area contributed by atoms with Crippen molar-refractivity contribution in [3.63, 3.8) is 0 Å². The van der Waals surface area contributed by atoms with Crippen molar-refractivity contribution in [3.05, 3.63) is 65.5 Å². The lowest BCUT2D eigenvalue weighted by molar-refractivity contribution is 0.0728. The second kappa shape index (κ2) is 7.55. The van der Waals surface area contributed by atoms with Crippen molar-refractivity contribution in [2.24, 2.45) is 0 Å². The molecule has 0 heterocycles. The number of nitrogens with one attached hydrogen (secondary N) is 1. The second-order valence-corrected chi connectivity index (χ2v) is 8.05. The van der Waals surface area contributed by atoms with Gasteiger partial charge in [0.05, 0.1) is 4.90 Å². The van der Waals surface area contributed by atoms with Crippen LogP contribution in [0.25, 0.3) is 0 Å². The highest BCUT2D eigenvalue weighted by Crippen LogP contribution is 2.30. The number of hydrogen-bond donors (Lipinski definition) is 1. The highest BCUT2D eigenvalue weighted by molar-refractivity contribution is 7.89. The third-order valence-electron chi connectivity index (χ3n) is 4.29. The molecule has 1 aliphatic carbocycles. The molecule has 138 valence electrons. The number of amides is 1. The zero-order valence-corrected chi connectivity index (χ0v) is 15.3. The number of benzene rings is 2. The summed E-state index contributed by atoms with van der Waals surface area (Å²) >= 11 is 0. The Kier molecular flexibility index (Phi) is 5.38. The summed E-state index contributed by atoms with van der Waals surface area (Å²) in [6, 6.07) is 12.4. The number of rotatable bonds is 7. The number of halogens is 1. The van der Waals surface area contributed by atoms with E-state index in [2.05, 4.69) is 4.72 Å². The fourth-order valence-corrected chi connectivity index (χ4v) is 3.82. The molecule has 0 bridgehead atoms. The van der Waals surface area contributed by atoms with Crippen molar-refractivity contribution in [3.8, 4) is 0 Å². The van der Waals surface area contributed by atoms with E-state index >= 15 is 0 Å². The van der Waals surface area contributed by atoms with Crippen molar-refractivity contribution in [2.45, 2.75) is 37.2 Å². The van der Waals surface area contributed by atoms with Gasteiger partial charge >= 0.3 is 0 Å². The van der Waals surface area contributed by atoms with Gasteiger partial charge in [0.25, 0.3) is 5.91 Å². The summed E-state index contributed by atoms with van der Waals surface area (Å²) < 4.78 is 40.3. The van der Waals surface area contributed by atoms with Gasteiger partial charge in [-0.25, -0.2) is 17.5 Å². The van der Waals surface area contributed by atoms with Crippen LogP contribution in [0.1, 0.15) is 35.7 Å². The Hall–Kier alpha value is -2.25. The molecular weight excluding hydrogens is 355 g/mol. The van der Waals surface area contributed by atoms with E-state index in [-0.39, 0.29) is 29.2 Å². The first kappa shape index (κ1) is 18.5. The SMILES string of the molecule is CCNS(=O)(=O)c1ccc(C(=O)N(Cc2ccccc2F)C2CC2)cc1. The van der Waals surface area contributed by atoms with E-state index < -0.39 is 10.0 Å². The van der Waals surface area contributed by atoms with Crippen molar-refractivity contribution in [1.82, 2.24) is 9.62 Å². The number of carbonyl (C=O) groups is 1. The Morgan fingerprint density at radius 1 is 1.15 bits per heavy atom. The van der Waals surface area contributed by atoms with Crippen LogP contribution in [0.3, 0.4) is 0 Å². The van der Waals surface area contributed by atoms with E-state index in [1.54, 1.807) is 30.0 Å². The van der Waals surface area contributed by atoms with E-state index in [1.807, 2.05) is 0 Å². The van der Waals surface area contributed by atoms with Gasteiger partial charge in [-0.15, -0.1) is 0 Å². The van der Waals surface area contributed by atoms with Crippen LogP contribution < -0.4 is 4.72 Å². The van der Waals surface area contributed by atoms with Crippen molar-refractivity contribution in [2.75, 3.05) is 6.54 Å². The number of hydrogen-bond acceptors (Lipinski definition) is 3. The van der Waals surface area contributed by atoms with Crippen LogP contribution in [-0.4, -0.2) is 31.8 Å². The fourth-order valence-electron chi connectivity index (χ4n) is 2.78. The smallest absolute Gasteiger partial charge is 0.254 e. The van der Waals surface area contributed by atoms with Gasteiger partial charge in [-0.2, -0.15) is 0 Å². The Morgan fingerprint density at radius 2 is 1.81 bits per heavy atom. The molecule has 5 nitrogen and oxygen atoms in total. The molecule has 1 saturated carbocycles. The lowest BCUT2D eigenvalue weighted by atomic mass is 10.1. The topological polar surface area (TPSA) is 66.5 Å². The van der Waals surface area contributed by atoms with E-state index in [1.165, 1.54) is 30.3 Å². The van der Waals surface area contributed by atoms with Crippen LogP contribution in [0, 0.1) is 5.82 Å². The van der Waals surface area contributed by atoms with Gasteiger partial charge in [0.1, 0.15) is 5.82 Å². The number of nitrogens with zero attached hydrogens (tertiary/aromatic N) is 1. The molecule has 1 fully saturated rings. The highest BCUT2D eigenvalue weighted by atomic mass is 32.2. The van der Waals surface area contributed by atoms with Gasteiger partial charge in [-0.1, -0.05) is 25.1 Å². The molecule has 1 aliphatic rings. The van der Waals surface area contributed by atoms with Gasteiger partial charge < -0.3 is 4.90 Å². The van der Waals surface area contributed by atoms with Crippen molar-refractivity contribution < 1.29 is 17.6 Å². The molecule has 3 rings (SSSR count). The van der Waals surface area contributed by atoms with E-state index in [4.69, 9.17) is 0 Å². The van der Waals surface area contributed by atoms with Crippen LogP contribution in [0.15, 0.2) is 53.4 Å². The monoisotopic (exact) mass is 376 g/mol. The lowest BCUT2D eigenvalue weighted by Gasteiger charge is -2.23. The lowest BCUT2D eigenvalue weighted by Crippen LogP contribution is -2.33. The zero-order chi connectivity index (χ0) is 18.7. The molecule has 0 saturated heterocycles. The van der Waals surface area contributed by atoms with Gasteiger partial charge in [0.2, 0.25) is 10.0 Å². The summed E-state index contributed by atoms with van der Waals surface area (Å²) in [4.78, 5) is 14.6. The minimum Gasteiger partial charge on any atom is -0.331 e. The molecule has 2 aromatic rings. The van der Waals surface area contributed by atoms with Crippen molar-refractivity contribution in [1.29, 1.82) is 0 Å². The predicted molar refractivity (Wildman–Crippen MR) is 96.6 cm³/mol. The maximum atomic E-state index is 13.9. The van der Waals surface area contributed by atoms with E-state index in [0.29, 0.717) is 17.7 Å². The highest BCUT2D eigenvalue weighted by Gasteiger charge is 2.33. The fraction of sp³-hybridized carbons (Fsp3) is 0.316. The van der Waals surface area contributed by atoms with Gasteiger partial charge in [-0.05, 0) is 43.2 Å². The Morgan fingerprint density at radius 3 is 2.38 bits per heavy atom. The minimum absolute atomic E-state index is 0.104. The van der Waals surface area contributed by atoms with Gasteiger partial charge in [0.15, 0.2) is 0 Å². The summed E-state index contributed by atoms with van der Waals surface area (Å²) in [5, 5.41) is 0. The minimum atomic E-state index is -3.56. The zero-order valence-electron chi connectivity index (χ0n) is 14.5. The summed E-state index contributed by atoms with van der Waals surface area (Å²) in [7, 11) is -3.56. The number of sulfonamides is 1. The van der Waals surface area contributed by atoms with Crippen LogP contribution >= 0.6 is 0 Å². The maximum Gasteiger partial charge on any atom is 0.254 e. The molecule has 1 amide bonds. The van der Waals surface area contributed by atoms with Crippen LogP contribution in [0.5, 0.6) is 0 Å². The quantitative estimate of drug-likeness (QED) is 0.808. The average Bonchev–Trinajstić information content (AvgIpc) is 3.45. The molecule has 26 heavy (non-hydrogen) atoms. The summed E-state index contributed by atoms with van der Waals surface area (Å²) in [6.07, 6.45) is 1.79. The van der Waals surface area contributed by atoms with E-state index in [0.717, 1.165) is 12.8 Å². The maximum absolute atomic E-state index is 13.9. The first-order chi connectivity index (χ1) is 12.4. The molecule has 0 atom stereocenters. The molecular formula is C19H21FN2O3S. The standard InChI is InChI=1S/C19H21FN2O3S/c1-2-21-26(24,25)17-11-7-14(8-12-17)19(23)22(16-9-10-16)13-15-5-3-4-6-18(15)20/h3-8,11-12,16,21H,2,9-10,13H2,1H3. The van der Waals surface area contributed by atoms with Gasteiger partial charge in [0, 0.05) is 30.3 Å². The third-order valence-corrected chi connectivity index (χ3v) is 5.85. The normalized spacial score (nSPS) is 14.2. The predicted octanol–water partition coefficient (Wildman–Crippen LogP) is 2.93. The molecule has 0 radical (unpaired) electrons. The molecule has 0 spiro atoms. The Labute approximate surface area is 152 Å². The van der Waals surface area contributed by atoms with Gasteiger partial charge in [-0.3, -0.25) is 4.79 Å². The summed E-state index contributed by atoms with van der Waals surface area (Å²) in [5.41, 5.74) is 0.864. The average molecular weight is 376 g/mol. The Bertz CT molecular complexity index is 893. The van der Waals surface area contributed by atoms with Crippen LogP contribution in [0.2, 0.25) is 0 Å². The first-order valence-corrected chi connectivity index (χ1v) is 10.0. The summed E-state index contributed by atoms with van der Waals surface area (Å²) in [5.74, 6) is -0.554. The molecule has 2 aromatic carbocycles. The van der Waals surface area contributed by atoms with Crippen molar-refractivity contribution >= 4 is 15.9 Å². The molecule has 7 heteroatoms. The molecule has 0 aliphatic heterocycles. The largest absolute Gasteiger partial charge is 0.331 e. The molecule has 1 N–H and O–H groups in total.